The number of amidine groups is 1. The van der Waals surface area contributed by atoms with Gasteiger partial charge in [-0.2, -0.15) is 0 Å². The summed E-state index contributed by atoms with van der Waals surface area (Å²) in [6.07, 6.45) is 0. The Morgan fingerprint density at radius 2 is 0.838 bits per heavy atom. The third-order valence-electron chi connectivity index (χ3n) is 5.89. The average Bonchev–Trinajstić information content (AvgIpc) is 2.99. The summed E-state index contributed by atoms with van der Waals surface area (Å²) < 4.78 is 5.44. The summed E-state index contributed by atoms with van der Waals surface area (Å²) in [6, 6.07) is 49.3. The molecule has 180 valence electrons. The Morgan fingerprint density at radius 1 is 0.486 bits per heavy atom. The van der Waals surface area contributed by atoms with Crippen LogP contribution in [-0.4, -0.2) is 11.8 Å². The second kappa shape index (κ2) is 11.5. The number of nitrogens with zero attached hydrogens (tertiary/aromatic N) is 2. The van der Waals surface area contributed by atoms with Gasteiger partial charge in [-0.05, 0) is 12.1 Å². The molecule has 5 rings (SSSR count). The van der Waals surface area contributed by atoms with Crippen LogP contribution in [0, 0.1) is 0 Å². The van der Waals surface area contributed by atoms with Crippen molar-refractivity contribution in [3.63, 3.8) is 0 Å². The molecule has 0 aliphatic heterocycles. The number of carbonyl (C=O) groups excluding carboxylic acids is 1. The monoisotopic (exact) mass is 500 g/mol. The smallest absolute Gasteiger partial charge is 0.311 e. The molecule has 0 atom stereocenters. The van der Waals surface area contributed by atoms with Crippen LogP contribution >= 0.6 is 7.05 Å². The Kier molecular flexibility index (Phi) is 7.50. The van der Waals surface area contributed by atoms with E-state index < -0.39 is 13.0 Å². The molecule has 0 N–H and O–H groups in total. The molecule has 0 bridgehead atoms. The number of hydrogen-bond donors (Lipinski definition) is 0. The van der Waals surface area contributed by atoms with Crippen LogP contribution in [0.2, 0.25) is 0 Å². The van der Waals surface area contributed by atoms with Crippen molar-refractivity contribution in [2.75, 3.05) is 0 Å². The highest BCUT2D eigenvalue weighted by molar-refractivity contribution is 7.87. The fourth-order valence-corrected chi connectivity index (χ4v) is 7.61. The molecule has 0 amide bonds. The zero-order valence-corrected chi connectivity index (χ0v) is 21.0. The van der Waals surface area contributed by atoms with Crippen LogP contribution < -0.4 is 15.9 Å². The van der Waals surface area contributed by atoms with Crippen LogP contribution in [0.3, 0.4) is 0 Å². The van der Waals surface area contributed by atoms with Crippen LogP contribution in [0.5, 0.6) is 0 Å². The quantitative estimate of drug-likeness (QED) is 0.0893. The van der Waals surface area contributed by atoms with Crippen molar-refractivity contribution in [1.29, 1.82) is 0 Å². The van der Waals surface area contributed by atoms with Gasteiger partial charge in [0.25, 0.3) is 0 Å². The highest BCUT2D eigenvalue weighted by atomic mass is 31.2. The fourth-order valence-electron chi connectivity index (χ4n) is 4.12. The molecule has 4 nitrogen and oxygen atoms in total. The number of rotatable bonds is 6. The van der Waals surface area contributed by atoms with Crippen molar-refractivity contribution in [2.45, 2.75) is 0 Å². The predicted molar refractivity (Wildman–Crippen MR) is 152 cm³/mol. The van der Waals surface area contributed by atoms with Gasteiger partial charge in [0.05, 0.1) is 12.6 Å². The molecule has 0 saturated carbocycles. The number of hydrogen-bond acceptors (Lipinski definition) is 3. The zero-order chi connectivity index (χ0) is 25.3. The van der Waals surface area contributed by atoms with Gasteiger partial charge in [0.2, 0.25) is 0 Å². The predicted octanol–water partition coefficient (Wildman–Crippen LogP) is 6.38. The van der Waals surface area contributed by atoms with E-state index >= 15 is 0 Å². The van der Waals surface area contributed by atoms with Crippen molar-refractivity contribution in [3.8, 4) is 0 Å². The lowest BCUT2D eigenvalue weighted by atomic mass is 10.2. The SMILES string of the molecule is O=C(O/N=C(\N=P(c1ccccc1)(c1ccccc1)c1ccccc1)c1ccccc1)c1ccccc1. The van der Waals surface area contributed by atoms with Crippen LogP contribution in [0.15, 0.2) is 162 Å². The van der Waals surface area contributed by atoms with E-state index in [1.54, 1.807) is 24.3 Å². The lowest BCUT2D eigenvalue weighted by molar-refractivity contribution is 0.0516. The first-order valence-electron chi connectivity index (χ1n) is 12.0. The van der Waals surface area contributed by atoms with Gasteiger partial charge < -0.3 is 4.84 Å². The third kappa shape index (κ3) is 5.35. The van der Waals surface area contributed by atoms with E-state index in [9.17, 15) is 4.79 Å². The Balaban J connectivity index is 1.78. The fraction of sp³-hybridized carbons (Fsp3) is 0. The third-order valence-corrected chi connectivity index (χ3v) is 9.52. The van der Waals surface area contributed by atoms with Gasteiger partial charge in [0.15, 0.2) is 5.84 Å². The molecule has 37 heavy (non-hydrogen) atoms. The molecular formula is C32H25N2O2P. The van der Waals surface area contributed by atoms with E-state index in [1.807, 2.05) is 91.0 Å². The average molecular weight is 501 g/mol. The van der Waals surface area contributed by atoms with Crippen LogP contribution in [0.4, 0.5) is 0 Å². The second-order valence-corrected chi connectivity index (χ2v) is 11.3. The maximum absolute atomic E-state index is 12.8. The second-order valence-electron chi connectivity index (χ2n) is 8.27. The van der Waals surface area contributed by atoms with Gasteiger partial charge in [-0.25, -0.2) is 9.54 Å². The maximum atomic E-state index is 12.8. The first kappa shape index (κ1) is 24.2. The van der Waals surface area contributed by atoms with Crippen molar-refractivity contribution < 1.29 is 9.63 Å². The molecule has 0 saturated heterocycles. The summed E-state index contributed by atoms with van der Waals surface area (Å²) in [5.74, 6) is -0.179. The molecule has 0 fully saturated rings. The van der Waals surface area contributed by atoms with Crippen LogP contribution in [-0.2, 0) is 4.84 Å². The maximum Gasteiger partial charge on any atom is 0.365 e. The van der Waals surface area contributed by atoms with Crippen molar-refractivity contribution in [2.24, 2.45) is 9.90 Å². The van der Waals surface area contributed by atoms with Crippen molar-refractivity contribution >= 4 is 34.8 Å². The van der Waals surface area contributed by atoms with Gasteiger partial charge in [0, 0.05) is 21.5 Å². The van der Waals surface area contributed by atoms with Crippen molar-refractivity contribution in [1.82, 2.24) is 0 Å². The minimum absolute atomic E-state index is 0.356. The van der Waals surface area contributed by atoms with Gasteiger partial charge in [0.1, 0.15) is 0 Å². The summed E-state index contributed by atoms with van der Waals surface area (Å²) in [5, 5.41) is 7.58. The summed E-state index contributed by atoms with van der Waals surface area (Å²) >= 11 is 0. The topological polar surface area (TPSA) is 51.0 Å². The van der Waals surface area contributed by atoms with E-state index in [4.69, 9.17) is 9.58 Å². The largest absolute Gasteiger partial charge is 0.365 e. The van der Waals surface area contributed by atoms with Gasteiger partial charge in [-0.1, -0.05) is 145 Å². The standard InChI is InChI=1S/C32H25N2O2P/c35-32(27-18-8-2-9-19-27)36-33-31(26-16-6-1-7-17-26)34-37(28-20-10-3-11-21-28,29-22-12-4-13-23-29)30-24-14-5-15-25-30/h1-25H/b33-31-. The molecular weight excluding hydrogens is 475 g/mol. The first-order chi connectivity index (χ1) is 18.3. The van der Waals surface area contributed by atoms with Crippen LogP contribution in [0.1, 0.15) is 15.9 Å². The van der Waals surface area contributed by atoms with Gasteiger partial charge >= 0.3 is 5.97 Å². The molecule has 0 unspecified atom stereocenters. The van der Waals surface area contributed by atoms with Gasteiger partial charge in [-0.3, -0.25) is 0 Å². The lowest BCUT2D eigenvalue weighted by Gasteiger charge is -2.27. The Bertz CT molecular complexity index is 1430. The minimum Gasteiger partial charge on any atom is -0.311 e. The van der Waals surface area contributed by atoms with Crippen molar-refractivity contribution in [3.05, 3.63) is 163 Å². The molecule has 5 aromatic carbocycles. The lowest BCUT2D eigenvalue weighted by Crippen LogP contribution is -2.26. The molecule has 0 heterocycles. The zero-order valence-electron chi connectivity index (χ0n) is 20.1. The summed E-state index contributed by atoms with van der Waals surface area (Å²) in [7, 11) is -2.60. The van der Waals surface area contributed by atoms with E-state index in [0.29, 0.717) is 11.4 Å². The summed E-state index contributed by atoms with van der Waals surface area (Å²) in [4.78, 5) is 18.3. The minimum atomic E-state index is -2.60. The molecule has 0 aromatic heterocycles. The molecule has 0 aliphatic carbocycles. The number of oxime groups is 1. The van der Waals surface area contributed by atoms with E-state index in [2.05, 4.69) is 41.6 Å². The molecule has 0 aliphatic rings. The van der Waals surface area contributed by atoms with E-state index in [-0.39, 0.29) is 0 Å². The molecule has 5 heteroatoms. The van der Waals surface area contributed by atoms with Gasteiger partial charge in [-0.15, -0.1) is 0 Å². The van der Waals surface area contributed by atoms with E-state index in [0.717, 1.165) is 21.5 Å². The number of benzene rings is 5. The highest BCUT2D eigenvalue weighted by Crippen LogP contribution is 2.47. The summed E-state index contributed by atoms with van der Waals surface area (Å²) in [6.45, 7) is 0. The number of carbonyl (C=O) groups is 1. The Morgan fingerprint density at radius 3 is 1.24 bits per heavy atom. The van der Waals surface area contributed by atoms with Crippen LogP contribution in [0.25, 0.3) is 0 Å². The molecule has 5 aromatic rings. The molecule has 0 spiro atoms. The molecule has 0 radical (unpaired) electrons. The normalized spacial score (nSPS) is 11.5. The highest BCUT2D eigenvalue weighted by Gasteiger charge is 2.28. The first-order valence-corrected chi connectivity index (χ1v) is 13.7. The van der Waals surface area contributed by atoms with E-state index in [1.165, 1.54) is 0 Å². The Hall–Kier alpha value is -4.53. The Labute approximate surface area is 217 Å². The summed E-state index contributed by atoms with van der Waals surface area (Å²) in [5.41, 5.74) is 1.18.